The summed E-state index contributed by atoms with van der Waals surface area (Å²) < 4.78 is 0. The molecule has 0 spiro atoms. The molecule has 0 aromatic heterocycles. The first-order chi connectivity index (χ1) is 23.7. The molecule has 13 heteroatoms. The molecule has 2 aliphatic heterocycles. The van der Waals surface area contributed by atoms with Gasteiger partial charge in [-0.15, -0.1) is 0 Å². The molecule has 2 aliphatic rings. The largest absolute Gasteiger partial charge is 0.288 e. The number of fused-ring (bicyclic) bond motifs is 2. The summed E-state index contributed by atoms with van der Waals surface area (Å²) in [5.41, 5.74) is 3.65. The lowest BCUT2D eigenvalue weighted by Gasteiger charge is -2.22. The Hall–Kier alpha value is -6.27. The first kappa shape index (κ1) is 32.7. The lowest BCUT2D eigenvalue weighted by Crippen LogP contribution is -2.37. The van der Waals surface area contributed by atoms with Gasteiger partial charge in [0.2, 0.25) is 11.8 Å². The zero-order valence-corrected chi connectivity index (χ0v) is 26.4. The zero-order valence-electron chi connectivity index (χ0n) is 25.7. The molecule has 6 amide bonds. The summed E-state index contributed by atoms with van der Waals surface area (Å²) in [7, 11) is 0. The summed E-state index contributed by atoms with van der Waals surface area (Å²) in [6.45, 7) is -0.464. The van der Waals surface area contributed by atoms with E-state index in [-0.39, 0.29) is 70.0 Å². The molecule has 12 nitrogen and oxygen atoms in total. The van der Waals surface area contributed by atoms with Crippen LogP contribution in [-0.4, -0.2) is 70.5 Å². The predicted molar refractivity (Wildman–Crippen MR) is 178 cm³/mol. The normalized spacial score (nSPS) is 13.6. The quantitative estimate of drug-likeness (QED) is 0.0816. The summed E-state index contributed by atoms with van der Waals surface area (Å²) in [4.78, 5) is 94.2. The second kappa shape index (κ2) is 13.8. The fourth-order valence-electron chi connectivity index (χ4n) is 5.57. The Bertz CT molecular complexity index is 2030. The maximum atomic E-state index is 13.8. The van der Waals surface area contributed by atoms with Crippen LogP contribution in [0.15, 0.2) is 102 Å². The van der Waals surface area contributed by atoms with Gasteiger partial charge in [0.05, 0.1) is 33.0 Å². The molecule has 0 fully saturated rings. The van der Waals surface area contributed by atoms with Gasteiger partial charge < -0.3 is 0 Å². The number of carbonyl (C=O) groups excluding carboxylic acids is 7. The topological polar surface area (TPSA) is 154 Å². The van der Waals surface area contributed by atoms with E-state index in [9.17, 15) is 33.6 Å². The molecule has 4 aromatic rings. The number of anilines is 1. The van der Waals surface area contributed by atoms with Crippen LogP contribution in [0.25, 0.3) is 0 Å². The Morgan fingerprint density at radius 3 is 1.61 bits per heavy atom. The first-order valence-electron chi connectivity index (χ1n) is 15.1. The highest BCUT2D eigenvalue weighted by Crippen LogP contribution is 2.28. The fourth-order valence-corrected chi connectivity index (χ4v) is 5.79. The number of hydrogen-bond donors (Lipinski definition) is 1. The molecule has 0 atom stereocenters. The third-order valence-electron chi connectivity index (χ3n) is 8.03. The van der Waals surface area contributed by atoms with Gasteiger partial charge in [-0.1, -0.05) is 60.1 Å². The molecule has 0 saturated heterocycles. The van der Waals surface area contributed by atoms with Crippen LogP contribution in [0.5, 0.6) is 0 Å². The second-order valence-electron chi connectivity index (χ2n) is 11.0. The lowest BCUT2D eigenvalue weighted by molar-refractivity contribution is -0.121. The minimum absolute atomic E-state index is 0.0908. The minimum atomic E-state index is -0.661. The highest BCUT2D eigenvalue weighted by molar-refractivity contribution is 6.35. The van der Waals surface area contributed by atoms with E-state index in [4.69, 9.17) is 11.6 Å². The smallest absolute Gasteiger partial charge is 0.261 e. The summed E-state index contributed by atoms with van der Waals surface area (Å²) >= 11 is 6.30. The monoisotopic (exact) mass is 675 g/mol. The maximum Gasteiger partial charge on any atom is 0.261 e. The SMILES string of the molecule is O=C(CCN1C(=O)c2ccccc2C1=O)NN=CN(C(=O)CCN1C(=O)c2ccccc2C1=O)c1ccccc1C(=O)c1ccccc1Cl. The molecule has 0 unspecified atom stereocenters. The number of hydrogen-bond acceptors (Lipinski definition) is 8. The van der Waals surface area contributed by atoms with Crippen molar-refractivity contribution in [1.82, 2.24) is 15.2 Å². The van der Waals surface area contributed by atoms with Crippen molar-refractivity contribution in [1.29, 1.82) is 0 Å². The van der Waals surface area contributed by atoms with Gasteiger partial charge in [-0.25, -0.2) is 5.43 Å². The fraction of sp³-hybridized carbons (Fsp3) is 0.111. The van der Waals surface area contributed by atoms with Crippen molar-refractivity contribution in [3.05, 3.63) is 135 Å². The molecule has 6 rings (SSSR count). The Morgan fingerprint density at radius 2 is 1.08 bits per heavy atom. The number of halogens is 1. The number of nitrogens with zero attached hydrogens (tertiary/aromatic N) is 4. The van der Waals surface area contributed by atoms with E-state index in [1.165, 1.54) is 36.4 Å². The van der Waals surface area contributed by atoms with Crippen molar-refractivity contribution >= 4 is 64.9 Å². The van der Waals surface area contributed by atoms with Crippen LogP contribution in [-0.2, 0) is 9.59 Å². The van der Waals surface area contributed by atoms with E-state index in [1.54, 1.807) is 60.7 Å². The highest BCUT2D eigenvalue weighted by Gasteiger charge is 2.36. The van der Waals surface area contributed by atoms with Crippen LogP contribution in [0.1, 0.15) is 70.2 Å². The van der Waals surface area contributed by atoms with Crippen LogP contribution in [0.3, 0.4) is 0 Å². The summed E-state index contributed by atoms with van der Waals surface area (Å²) in [6, 6.07) is 25.3. The average Bonchev–Trinajstić information content (AvgIpc) is 3.51. The first-order valence-corrected chi connectivity index (χ1v) is 15.5. The van der Waals surface area contributed by atoms with Gasteiger partial charge in [-0.05, 0) is 48.5 Å². The van der Waals surface area contributed by atoms with Crippen molar-refractivity contribution in [3.63, 3.8) is 0 Å². The van der Waals surface area contributed by atoms with Crippen LogP contribution in [0.4, 0.5) is 5.69 Å². The van der Waals surface area contributed by atoms with Crippen LogP contribution < -0.4 is 10.3 Å². The van der Waals surface area contributed by atoms with Gasteiger partial charge in [0.1, 0.15) is 6.34 Å². The maximum absolute atomic E-state index is 13.8. The number of para-hydroxylation sites is 1. The molecule has 0 aliphatic carbocycles. The van der Waals surface area contributed by atoms with E-state index in [2.05, 4.69) is 10.5 Å². The van der Waals surface area contributed by atoms with Gasteiger partial charge in [-0.2, -0.15) is 5.10 Å². The van der Waals surface area contributed by atoms with Crippen LogP contribution in [0.2, 0.25) is 5.02 Å². The summed E-state index contributed by atoms with van der Waals surface area (Å²) in [5.74, 6) is -3.89. The molecule has 0 radical (unpaired) electrons. The number of amides is 6. The standard InChI is InChI=1S/C36H26ClN5O7/c37-28-15-7-5-13-26(28)32(45)27-14-6-8-16-29(27)42(31(44)18-20-41-35(48)24-11-3-4-12-25(24)36(41)49)21-38-39-30(43)17-19-40-33(46)22-9-1-2-10-23(22)34(40)47/h1-16,21H,17-20H2,(H,39,43). The van der Waals surface area contributed by atoms with E-state index in [0.29, 0.717) is 0 Å². The molecule has 0 bridgehead atoms. The summed E-state index contributed by atoms with van der Waals surface area (Å²) in [6.07, 6.45) is 0.376. The van der Waals surface area contributed by atoms with Crippen LogP contribution in [0, 0.1) is 0 Å². The third-order valence-corrected chi connectivity index (χ3v) is 8.36. The predicted octanol–water partition coefficient (Wildman–Crippen LogP) is 4.34. The van der Waals surface area contributed by atoms with Gasteiger partial charge in [0, 0.05) is 37.1 Å². The van der Waals surface area contributed by atoms with E-state index in [0.717, 1.165) is 21.0 Å². The molecule has 4 aromatic carbocycles. The Kier molecular flexibility index (Phi) is 9.22. The summed E-state index contributed by atoms with van der Waals surface area (Å²) in [5, 5.41) is 4.13. The van der Waals surface area contributed by atoms with Crippen molar-refractivity contribution in [2.45, 2.75) is 12.8 Å². The molecular formula is C36H26ClN5O7. The van der Waals surface area contributed by atoms with E-state index >= 15 is 0 Å². The number of benzene rings is 4. The minimum Gasteiger partial charge on any atom is -0.288 e. The molecule has 0 saturated carbocycles. The van der Waals surface area contributed by atoms with E-state index in [1.807, 2.05) is 0 Å². The third kappa shape index (κ3) is 6.36. The Balaban J connectivity index is 1.20. The highest BCUT2D eigenvalue weighted by atomic mass is 35.5. The number of rotatable bonds is 11. The molecular weight excluding hydrogens is 650 g/mol. The number of ketones is 1. The van der Waals surface area contributed by atoms with Crippen molar-refractivity contribution in [2.75, 3.05) is 18.0 Å². The van der Waals surface area contributed by atoms with Gasteiger partial charge in [0.15, 0.2) is 5.78 Å². The number of carbonyl (C=O) groups is 7. The molecule has 244 valence electrons. The number of hydrazone groups is 1. The second-order valence-corrected chi connectivity index (χ2v) is 11.4. The Morgan fingerprint density at radius 1 is 0.633 bits per heavy atom. The number of imide groups is 2. The molecule has 2 heterocycles. The molecule has 1 N–H and O–H groups in total. The van der Waals surface area contributed by atoms with Crippen LogP contribution >= 0.6 is 11.6 Å². The van der Waals surface area contributed by atoms with Crippen molar-refractivity contribution in [3.8, 4) is 0 Å². The zero-order chi connectivity index (χ0) is 34.7. The van der Waals surface area contributed by atoms with Gasteiger partial charge in [0.25, 0.3) is 23.6 Å². The average molecular weight is 676 g/mol. The number of nitrogens with one attached hydrogen (secondary N) is 1. The lowest BCUT2D eigenvalue weighted by atomic mass is 10.0. The molecule has 49 heavy (non-hydrogen) atoms. The van der Waals surface area contributed by atoms with Gasteiger partial charge in [-0.3, -0.25) is 48.3 Å². The van der Waals surface area contributed by atoms with Gasteiger partial charge >= 0.3 is 0 Å². The van der Waals surface area contributed by atoms with Crippen molar-refractivity contribution < 1.29 is 33.6 Å². The Labute approximate surface area is 284 Å². The van der Waals surface area contributed by atoms with Crippen molar-refractivity contribution in [2.24, 2.45) is 5.10 Å². The van der Waals surface area contributed by atoms with E-state index < -0.39 is 41.2 Å².